The Hall–Kier alpha value is -0.870. The molecule has 4 heteroatoms. The van der Waals surface area contributed by atoms with Gasteiger partial charge in [-0.05, 0) is 91.8 Å². The first-order chi connectivity index (χ1) is 13.2. The van der Waals surface area contributed by atoms with Crippen LogP contribution in [-0.4, -0.2) is 33.5 Å². The first kappa shape index (κ1) is 20.4. The van der Waals surface area contributed by atoms with Crippen molar-refractivity contribution in [2.75, 3.05) is 0 Å². The second-order valence-electron chi connectivity index (χ2n) is 10.9. The quantitative estimate of drug-likeness (QED) is 0.622. The molecule has 0 aromatic carbocycles. The number of aliphatic hydroxyl groups excluding tert-OH is 2. The van der Waals surface area contributed by atoms with Gasteiger partial charge < -0.3 is 15.3 Å². The van der Waals surface area contributed by atoms with Crippen LogP contribution in [0.2, 0.25) is 0 Å². The minimum absolute atomic E-state index is 0.136. The summed E-state index contributed by atoms with van der Waals surface area (Å²) in [5.41, 5.74) is 1.65. The summed E-state index contributed by atoms with van der Waals surface area (Å²) >= 11 is 0. The highest BCUT2D eigenvalue weighted by molar-refractivity contribution is 5.66. The fourth-order valence-corrected chi connectivity index (χ4v) is 8.16. The van der Waals surface area contributed by atoms with Crippen LogP contribution in [0.15, 0.2) is 11.6 Å². The lowest BCUT2D eigenvalue weighted by molar-refractivity contribution is -0.137. The van der Waals surface area contributed by atoms with Crippen molar-refractivity contribution in [1.82, 2.24) is 0 Å². The van der Waals surface area contributed by atoms with Crippen molar-refractivity contribution in [1.29, 1.82) is 0 Å². The minimum Gasteiger partial charge on any atom is -0.481 e. The number of carbonyl (C=O) groups is 1. The summed E-state index contributed by atoms with van der Waals surface area (Å²) in [5, 5.41) is 30.4. The average Bonchev–Trinajstić information content (AvgIpc) is 2.98. The molecular weight excluding hydrogens is 352 g/mol. The monoisotopic (exact) mass is 390 g/mol. The van der Waals surface area contributed by atoms with Crippen molar-refractivity contribution in [2.45, 2.75) is 90.8 Å². The first-order valence-electron chi connectivity index (χ1n) is 11.5. The molecule has 0 saturated heterocycles. The average molecular weight is 391 g/mol. The largest absolute Gasteiger partial charge is 0.481 e. The van der Waals surface area contributed by atoms with E-state index in [1.54, 1.807) is 0 Å². The fraction of sp³-hybridized carbons (Fsp3) is 0.875. The van der Waals surface area contributed by atoms with Gasteiger partial charge in [0.15, 0.2) is 0 Å². The number of aliphatic carboxylic acids is 1. The van der Waals surface area contributed by atoms with Gasteiger partial charge in [-0.25, -0.2) is 0 Å². The molecule has 4 rings (SSSR count). The lowest BCUT2D eigenvalue weighted by atomic mass is 9.46. The van der Waals surface area contributed by atoms with Gasteiger partial charge in [0.05, 0.1) is 12.2 Å². The molecule has 3 fully saturated rings. The number of aliphatic hydroxyl groups is 2. The fourth-order valence-electron chi connectivity index (χ4n) is 8.16. The van der Waals surface area contributed by atoms with E-state index in [4.69, 9.17) is 5.11 Å². The van der Waals surface area contributed by atoms with E-state index < -0.39 is 12.1 Å². The Morgan fingerprint density at radius 2 is 1.89 bits per heavy atom. The number of rotatable bonds is 4. The Labute approximate surface area is 169 Å². The lowest BCUT2D eigenvalue weighted by Gasteiger charge is -2.59. The molecule has 0 spiro atoms. The number of carboxylic acid groups (broad SMARTS) is 1. The molecular formula is C24H38O4. The topological polar surface area (TPSA) is 77.8 Å². The summed E-state index contributed by atoms with van der Waals surface area (Å²) in [5.74, 6) is 1.66. The van der Waals surface area contributed by atoms with Gasteiger partial charge in [-0.3, -0.25) is 4.79 Å². The summed E-state index contributed by atoms with van der Waals surface area (Å²) in [6.45, 7) is 7.06. The zero-order valence-corrected chi connectivity index (χ0v) is 17.7. The highest BCUT2D eigenvalue weighted by atomic mass is 16.4. The van der Waals surface area contributed by atoms with Crippen LogP contribution >= 0.6 is 0 Å². The molecule has 4 nitrogen and oxygen atoms in total. The Balaban J connectivity index is 1.59. The Bertz CT molecular complexity index is 657. The van der Waals surface area contributed by atoms with Crippen LogP contribution < -0.4 is 0 Å². The highest BCUT2D eigenvalue weighted by Crippen LogP contribution is 2.67. The zero-order valence-electron chi connectivity index (χ0n) is 17.7. The third kappa shape index (κ3) is 3.06. The first-order valence-corrected chi connectivity index (χ1v) is 11.5. The van der Waals surface area contributed by atoms with Crippen LogP contribution in [0.25, 0.3) is 0 Å². The maximum atomic E-state index is 11.2. The molecule has 3 N–H and O–H groups in total. The molecule has 4 aliphatic rings. The molecule has 0 radical (unpaired) electrons. The van der Waals surface area contributed by atoms with E-state index in [-0.39, 0.29) is 23.4 Å². The van der Waals surface area contributed by atoms with Gasteiger partial charge in [-0.15, -0.1) is 0 Å². The van der Waals surface area contributed by atoms with Crippen LogP contribution in [0, 0.1) is 40.4 Å². The molecule has 0 amide bonds. The van der Waals surface area contributed by atoms with E-state index in [9.17, 15) is 15.0 Å². The van der Waals surface area contributed by atoms with Crippen LogP contribution in [0.3, 0.4) is 0 Å². The van der Waals surface area contributed by atoms with Gasteiger partial charge >= 0.3 is 5.97 Å². The van der Waals surface area contributed by atoms with E-state index in [2.05, 4.69) is 26.8 Å². The van der Waals surface area contributed by atoms with Crippen molar-refractivity contribution >= 4 is 5.97 Å². The third-order valence-corrected chi connectivity index (χ3v) is 9.68. The van der Waals surface area contributed by atoms with Gasteiger partial charge in [0.2, 0.25) is 0 Å². The van der Waals surface area contributed by atoms with Gasteiger partial charge in [-0.2, -0.15) is 0 Å². The Kier molecular flexibility index (Phi) is 5.19. The predicted octanol–water partition coefficient (Wildman–Crippen LogP) is 4.40. The summed E-state index contributed by atoms with van der Waals surface area (Å²) in [6.07, 6.45) is 9.82. The van der Waals surface area contributed by atoms with Crippen LogP contribution in [0.4, 0.5) is 0 Å². The van der Waals surface area contributed by atoms with Crippen molar-refractivity contribution in [3.63, 3.8) is 0 Å². The molecule has 6 unspecified atom stereocenters. The van der Waals surface area contributed by atoms with Crippen LogP contribution in [-0.2, 0) is 4.79 Å². The van der Waals surface area contributed by atoms with E-state index in [1.807, 2.05) is 0 Å². The van der Waals surface area contributed by atoms with E-state index in [0.29, 0.717) is 29.6 Å². The maximum absolute atomic E-state index is 11.2. The van der Waals surface area contributed by atoms with Crippen molar-refractivity contribution < 1.29 is 20.1 Å². The SMILES string of the molecule is CC(CCC(=O)O)C1CCC2C3C(CC[C@]12C)[C@@]1(C)CCC(O)CC1=C[C@H]3O. The summed E-state index contributed by atoms with van der Waals surface area (Å²) < 4.78 is 0. The minimum atomic E-state index is -0.692. The molecule has 0 aromatic rings. The third-order valence-electron chi connectivity index (χ3n) is 9.68. The number of carboxylic acids is 1. The second-order valence-corrected chi connectivity index (χ2v) is 10.9. The van der Waals surface area contributed by atoms with Gasteiger partial charge in [0, 0.05) is 6.42 Å². The molecule has 158 valence electrons. The second kappa shape index (κ2) is 7.12. The van der Waals surface area contributed by atoms with Gasteiger partial charge in [0.25, 0.3) is 0 Å². The van der Waals surface area contributed by atoms with Crippen molar-refractivity contribution in [3.05, 3.63) is 11.6 Å². The van der Waals surface area contributed by atoms with Gasteiger partial charge in [0.1, 0.15) is 0 Å². The molecule has 9 atom stereocenters. The molecule has 3 saturated carbocycles. The van der Waals surface area contributed by atoms with Gasteiger partial charge in [-0.1, -0.05) is 32.4 Å². The van der Waals surface area contributed by atoms with E-state index >= 15 is 0 Å². The smallest absolute Gasteiger partial charge is 0.303 e. The molecule has 0 heterocycles. The molecule has 28 heavy (non-hydrogen) atoms. The van der Waals surface area contributed by atoms with Crippen molar-refractivity contribution in [3.8, 4) is 0 Å². The molecule has 0 aliphatic heterocycles. The zero-order chi connectivity index (χ0) is 20.3. The van der Waals surface area contributed by atoms with Crippen LogP contribution in [0.5, 0.6) is 0 Å². The van der Waals surface area contributed by atoms with Crippen LogP contribution in [0.1, 0.15) is 78.6 Å². The molecule has 0 bridgehead atoms. The number of hydrogen-bond donors (Lipinski definition) is 3. The normalized spacial score (nSPS) is 48.8. The standard InChI is InChI=1S/C24H38O4/c1-14(4-7-21(27)28)17-5-6-18-22-19(9-11-24(17,18)3)23(2)10-8-16(25)12-15(23)13-20(22)26/h13-14,16-20,22,25-26H,4-12H2,1-3H3,(H,27,28)/t14?,16?,17?,18?,19?,20-,22?,23+,24-/m1/s1. The molecule has 0 aromatic heterocycles. The summed E-state index contributed by atoms with van der Waals surface area (Å²) in [7, 11) is 0. The predicted molar refractivity (Wildman–Crippen MR) is 109 cm³/mol. The maximum Gasteiger partial charge on any atom is 0.303 e. The summed E-state index contributed by atoms with van der Waals surface area (Å²) in [6, 6.07) is 0. The number of fused-ring (bicyclic) bond motifs is 5. The Morgan fingerprint density at radius 3 is 2.61 bits per heavy atom. The Morgan fingerprint density at radius 1 is 1.14 bits per heavy atom. The van der Waals surface area contributed by atoms with E-state index in [0.717, 1.165) is 32.1 Å². The summed E-state index contributed by atoms with van der Waals surface area (Å²) in [4.78, 5) is 11.0. The molecule has 4 aliphatic carbocycles. The lowest BCUT2D eigenvalue weighted by Crippen LogP contribution is -2.54. The van der Waals surface area contributed by atoms with Crippen molar-refractivity contribution in [2.24, 2.45) is 40.4 Å². The number of hydrogen-bond acceptors (Lipinski definition) is 3. The highest BCUT2D eigenvalue weighted by Gasteiger charge is 2.61. The van der Waals surface area contributed by atoms with E-state index in [1.165, 1.54) is 24.8 Å².